The van der Waals surface area contributed by atoms with Gasteiger partial charge in [-0.1, -0.05) is 0 Å². The van der Waals surface area contributed by atoms with Crippen molar-refractivity contribution < 1.29 is 14.7 Å². The van der Waals surface area contributed by atoms with Crippen LogP contribution >= 0.6 is 0 Å². The van der Waals surface area contributed by atoms with Gasteiger partial charge >= 0.3 is 5.97 Å². The highest BCUT2D eigenvalue weighted by Crippen LogP contribution is 2.16. The first-order valence-corrected chi connectivity index (χ1v) is 6.44. The molecule has 0 spiro atoms. The van der Waals surface area contributed by atoms with Crippen molar-refractivity contribution in [3.63, 3.8) is 0 Å². The van der Waals surface area contributed by atoms with Crippen LogP contribution < -0.4 is 0 Å². The van der Waals surface area contributed by atoms with Crippen molar-refractivity contribution in [3.8, 4) is 0 Å². The lowest BCUT2D eigenvalue weighted by Crippen LogP contribution is -2.29. The van der Waals surface area contributed by atoms with Crippen LogP contribution in [0.4, 0.5) is 0 Å². The molecule has 0 saturated heterocycles. The minimum Gasteiger partial charge on any atom is -0.481 e. The number of pyridine rings is 1. The number of hydrogen-bond acceptors (Lipinski definition) is 3. The van der Waals surface area contributed by atoms with Gasteiger partial charge in [0.05, 0.1) is 6.42 Å². The zero-order chi connectivity index (χ0) is 14.5. The van der Waals surface area contributed by atoms with E-state index in [0.29, 0.717) is 13.0 Å². The molecule has 0 aromatic carbocycles. The summed E-state index contributed by atoms with van der Waals surface area (Å²) in [5.41, 5.74) is 1.67. The number of nitrogens with one attached hydrogen (secondary N) is 1. The number of carboxylic acid groups (broad SMARTS) is 1. The predicted molar refractivity (Wildman–Crippen MR) is 74.3 cm³/mol. The van der Waals surface area contributed by atoms with E-state index in [1.165, 1.54) is 0 Å². The van der Waals surface area contributed by atoms with Crippen LogP contribution in [0.5, 0.6) is 0 Å². The van der Waals surface area contributed by atoms with E-state index in [0.717, 1.165) is 16.6 Å². The van der Waals surface area contributed by atoms with E-state index in [9.17, 15) is 9.59 Å². The normalized spacial score (nSPS) is 10.7. The Kier molecular flexibility index (Phi) is 4.34. The highest BCUT2D eigenvalue weighted by atomic mass is 16.4. The maximum atomic E-state index is 12.1. The number of fused-ring (bicyclic) bond motifs is 1. The van der Waals surface area contributed by atoms with Gasteiger partial charge in [-0.05, 0) is 24.1 Å². The molecule has 6 nitrogen and oxygen atoms in total. The average molecular weight is 275 g/mol. The number of likely N-dealkylation sites (N-methyl/N-ethyl adjacent to an activating group) is 1. The molecule has 0 fully saturated rings. The molecule has 20 heavy (non-hydrogen) atoms. The lowest BCUT2D eigenvalue weighted by Gasteiger charge is -2.16. The molecule has 6 heteroatoms. The molecule has 0 atom stereocenters. The lowest BCUT2D eigenvalue weighted by molar-refractivity contribution is -0.138. The second kappa shape index (κ2) is 6.18. The lowest BCUT2D eigenvalue weighted by atomic mass is 10.1. The fourth-order valence-electron chi connectivity index (χ4n) is 2.05. The van der Waals surface area contributed by atoms with E-state index in [-0.39, 0.29) is 18.7 Å². The third kappa shape index (κ3) is 3.34. The molecule has 0 saturated carbocycles. The molecule has 106 valence electrons. The minimum atomic E-state index is -0.839. The van der Waals surface area contributed by atoms with Gasteiger partial charge < -0.3 is 15.0 Å². The zero-order valence-electron chi connectivity index (χ0n) is 11.3. The third-order valence-electron chi connectivity index (χ3n) is 3.19. The first-order chi connectivity index (χ1) is 9.58. The summed E-state index contributed by atoms with van der Waals surface area (Å²) >= 11 is 0. The molecule has 2 heterocycles. The summed E-state index contributed by atoms with van der Waals surface area (Å²) in [7, 11) is 1.69. The van der Waals surface area contributed by atoms with E-state index in [1.807, 2.05) is 12.1 Å². The Hall–Kier alpha value is -2.37. The van der Waals surface area contributed by atoms with Gasteiger partial charge in [-0.3, -0.25) is 9.59 Å². The van der Waals surface area contributed by atoms with Crippen molar-refractivity contribution in [2.75, 3.05) is 13.6 Å². The number of H-pyrrole nitrogens is 1. The molecule has 0 aliphatic carbocycles. The second-order valence-corrected chi connectivity index (χ2v) is 4.70. The number of rotatable bonds is 6. The monoisotopic (exact) mass is 275 g/mol. The molecule has 2 N–H and O–H groups in total. The number of nitrogens with zero attached hydrogens (tertiary/aromatic N) is 2. The Morgan fingerprint density at radius 1 is 1.45 bits per heavy atom. The zero-order valence-corrected chi connectivity index (χ0v) is 11.3. The van der Waals surface area contributed by atoms with Crippen LogP contribution in [0.2, 0.25) is 0 Å². The summed E-state index contributed by atoms with van der Waals surface area (Å²) in [4.78, 5) is 31.3. The van der Waals surface area contributed by atoms with Crippen molar-refractivity contribution in [3.05, 3.63) is 30.1 Å². The third-order valence-corrected chi connectivity index (χ3v) is 3.19. The van der Waals surface area contributed by atoms with Crippen LogP contribution in [0.15, 0.2) is 24.5 Å². The van der Waals surface area contributed by atoms with Crippen LogP contribution in [0.3, 0.4) is 0 Å². The SMILES string of the molecule is CN(CCCC(=O)O)C(=O)Cc1c[nH]c2ncccc12. The molecule has 0 bridgehead atoms. The molecule has 0 aliphatic rings. The summed E-state index contributed by atoms with van der Waals surface area (Å²) in [6, 6.07) is 3.76. The van der Waals surface area contributed by atoms with Gasteiger partial charge in [0.25, 0.3) is 0 Å². The van der Waals surface area contributed by atoms with Gasteiger partial charge in [0.1, 0.15) is 5.65 Å². The van der Waals surface area contributed by atoms with Crippen molar-refractivity contribution in [2.45, 2.75) is 19.3 Å². The van der Waals surface area contributed by atoms with Crippen molar-refractivity contribution >= 4 is 22.9 Å². The number of hydrogen-bond donors (Lipinski definition) is 2. The first-order valence-electron chi connectivity index (χ1n) is 6.44. The summed E-state index contributed by atoms with van der Waals surface area (Å²) < 4.78 is 0. The summed E-state index contributed by atoms with van der Waals surface area (Å²) in [5.74, 6) is -0.867. The number of amides is 1. The molecule has 2 rings (SSSR count). The molecule has 0 unspecified atom stereocenters. The first kappa shape index (κ1) is 14.0. The van der Waals surface area contributed by atoms with E-state index in [4.69, 9.17) is 5.11 Å². The Balaban J connectivity index is 1.95. The quantitative estimate of drug-likeness (QED) is 0.835. The van der Waals surface area contributed by atoms with E-state index >= 15 is 0 Å². The van der Waals surface area contributed by atoms with Gasteiger partial charge in [0, 0.05) is 37.8 Å². The van der Waals surface area contributed by atoms with E-state index in [2.05, 4.69) is 9.97 Å². The predicted octanol–water partition coefficient (Wildman–Crippen LogP) is 1.43. The van der Waals surface area contributed by atoms with Crippen molar-refractivity contribution in [1.29, 1.82) is 0 Å². The molecule has 2 aromatic heterocycles. The summed E-state index contributed by atoms with van der Waals surface area (Å²) in [6.45, 7) is 0.450. The average Bonchev–Trinajstić information content (AvgIpc) is 2.81. The van der Waals surface area contributed by atoms with Crippen LogP contribution in [-0.2, 0) is 16.0 Å². The van der Waals surface area contributed by atoms with Gasteiger partial charge in [-0.25, -0.2) is 4.98 Å². The fraction of sp³-hybridized carbons (Fsp3) is 0.357. The van der Waals surface area contributed by atoms with Crippen LogP contribution in [0.25, 0.3) is 11.0 Å². The van der Waals surface area contributed by atoms with Gasteiger partial charge in [-0.15, -0.1) is 0 Å². The summed E-state index contributed by atoms with van der Waals surface area (Å²) in [5, 5.41) is 9.52. The Bertz CT molecular complexity index is 621. The minimum absolute atomic E-state index is 0.0276. The molecule has 0 aliphatic heterocycles. The van der Waals surface area contributed by atoms with Crippen molar-refractivity contribution in [2.24, 2.45) is 0 Å². The molecular formula is C14H17N3O3. The van der Waals surface area contributed by atoms with E-state index < -0.39 is 5.97 Å². The topological polar surface area (TPSA) is 86.3 Å². The van der Waals surface area contributed by atoms with Gasteiger partial charge in [0.2, 0.25) is 5.91 Å². The number of carbonyl (C=O) groups excluding carboxylic acids is 1. The maximum absolute atomic E-state index is 12.1. The smallest absolute Gasteiger partial charge is 0.303 e. The Labute approximate surface area is 116 Å². The van der Waals surface area contributed by atoms with Crippen LogP contribution in [-0.4, -0.2) is 45.4 Å². The van der Waals surface area contributed by atoms with Gasteiger partial charge in [0.15, 0.2) is 0 Å². The number of aliphatic carboxylic acids is 1. The molecule has 1 amide bonds. The van der Waals surface area contributed by atoms with Crippen LogP contribution in [0.1, 0.15) is 18.4 Å². The second-order valence-electron chi connectivity index (χ2n) is 4.70. The number of aromatic nitrogens is 2. The highest BCUT2D eigenvalue weighted by molar-refractivity contribution is 5.87. The molecule has 2 aromatic rings. The number of aromatic amines is 1. The maximum Gasteiger partial charge on any atom is 0.303 e. The largest absolute Gasteiger partial charge is 0.481 e. The molecular weight excluding hydrogens is 258 g/mol. The van der Waals surface area contributed by atoms with Crippen molar-refractivity contribution in [1.82, 2.24) is 14.9 Å². The standard InChI is InChI=1S/C14H17N3O3/c1-17(7-3-5-13(19)20)12(18)8-10-9-16-14-11(10)4-2-6-15-14/h2,4,6,9H,3,5,7-8H2,1H3,(H,15,16)(H,19,20). The Morgan fingerprint density at radius 2 is 2.25 bits per heavy atom. The number of carbonyl (C=O) groups is 2. The fourth-order valence-corrected chi connectivity index (χ4v) is 2.05. The Morgan fingerprint density at radius 3 is 3.00 bits per heavy atom. The summed E-state index contributed by atoms with van der Waals surface area (Å²) in [6.07, 6.45) is 4.32. The van der Waals surface area contributed by atoms with E-state index in [1.54, 1.807) is 24.3 Å². The number of carboxylic acids is 1. The highest BCUT2D eigenvalue weighted by Gasteiger charge is 2.13. The van der Waals surface area contributed by atoms with Gasteiger partial charge in [-0.2, -0.15) is 0 Å². The van der Waals surface area contributed by atoms with Crippen LogP contribution in [0, 0.1) is 0 Å². The molecule has 0 radical (unpaired) electrons.